The van der Waals surface area contributed by atoms with Crippen LogP contribution in [0.5, 0.6) is 0 Å². The zero-order valence-corrected chi connectivity index (χ0v) is 21.9. The molecule has 0 fully saturated rings. The van der Waals surface area contributed by atoms with E-state index in [2.05, 4.69) is 43.8 Å². The number of hydrogen-bond acceptors (Lipinski definition) is 9. The second-order valence-electron chi connectivity index (χ2n) is 8.82. The lowest BCUT2D eigenvalue weighted by Crippen LogP contribution is -2.41. The molecule has 0 radical (unpaired) electrons. The quantitative estimate of drug-likeness (QED) is 0.295. The van der Waals surface area contributed by atoms with Crippen molar-refractivity contribution in [1.29, 1.82) is 0 Å². The smallest absolute Gasteiger partial charge is 0.357 e. The fourth-order valence-electron chi connectivity index (χ4n) is 2.67. The molecular weight excluding hydrogens is 448 g/mol. The van der Waals surface area contributed by atoms with E-state index < -0.39 is 26.7 Å². The number of aliphatic hydroxyl groups excluding tert-OH is 1. The van der Waals surface area contributed by atoms with E-state index in [1.807, 2.05) is 0 Å². The number of hydrogen-bond donors (Lipinski definition) is 1. The summed E-state index contributed by atoms with van der Waals surface area (Å²) in [6.07, 6.45) is -1.67. The number of aliphatic hydroxyl groups is 1. The van der Waals surface area contributed by atoms with Crippen LogP contribution in [0, 0.1) is 0 Å². The molecular formula is C22H34N2O6SSi. The highest BCUT2D eigenvalue weighted by Gasteiger charge is 2.38. The van der Waals surface area contributed by atoms with Crippen molar-refractivity contribution in [3.63, 3.8) is 0 Å². The third-order valence-electron chi connectivity index (χ3n) is 5.56. The van der Waals surface area contributed by atoms with Gasteiger partial charge in [0.05, 0.1) is 24.6 Å². The number of esters is 1. The molecule has 1 unspecified atom stereocenters. The van der Waals surface area contributed by atoms with E-state index in [0.717, 1.165) is 0 Å². The van der Waals surface area contributed by atoms with Gasteiger partial charge in [-0.3, -0.25) is 0 Å². The number of nitrogens with zero attached hydrogens (tertiary/aromatic N) is 2. The Kier molecular flexibility index (Phi) is 9.09. The van der Waals surface area contributed by atoms with Crippen LogP contribution >= 0.6 is 11.3 Å². The summed E-state index contributed by atoms with van der Waals surface area (Å²) in [4.78, 5) is 21.1. The molecule has 1 N–H and O–H groups in total. The van der Waals surface area contributed by atoms with Crippen LogP contribution in [0.25, 0.3) is 10.6 Å². The predicted molar refractivity (Wildman–Crippen MR) is 126 cm³/mol. The second-order valence-corrected chi connectivity index (χ2v) is 14.5. The standard InChI is InChI=1S/C22H34N2O6SSi/c1-9-29-20(26)16-13-31-19(24-16)14-10-11-15(21(27-5)28-6)23-18(14)17(25)12-30-32(7,8)22(2,3)4/h10-11,13,17,21,25H,9,12H2,1-8H3. The summed E-state index contributed by atoms with van der Waals surface area (Å²) in [5.41, 5.74) is 1.75. The molecule has 2 heterocycles. The summed E-state index contributed by atoms with van der Waals surface area (Å²) in [7, 11) is 0.964. The maximum absolute atomic E-state index is 12.0. The lowest BCUT2D eigenvalue weighted by molar-refractivity contribution is -0.108. The summed E-state index contributed by atoms with van der Waals surface area (Å²) in [5, 5.41) is 13.3. The fourth-order valence-corrected chi connectivity index (χ4v) is 4.50. The molecule has 1 atom stereocenters. The van der Waals surface area contributed by atoms with E-state index in [1.165, 1.54) is 25.6 Å². The van der Waals surface area contributed by atoms with Crippen molar-refractivity contribution in [3.8, 4) is 10.6 Å². The number of methoxy groups -OCH3 is 2. The van der Waals surface area contributed by atoms with Crippen molar-refractivity contribution in [1.82, 2.24) is 9.97 Å². The van der Waals surface area contributed by atoms with Crippen LogP contribution < -0.4 is 0 Å². The first-order valence-electron chi connectivity index (χ1n) is 10.5. The first kappa shape index (κ1) is 26.6. The van der Waals surface area contributed by atoms with Crippen molar-refractivity contribution in [2.24, 2.45) is 0 Å². The van der Waals surface area contributed by atoms with E-state index >= 15 is 0 Å². The van der Waals surface area contributed by atoms with Gasteiger partial charge in [0.1, 0.15) is 11.1 Å². The Morgan fingerprint density at radius 2 is 1.84 bits per heavy atom. The molecule has 178 valence electrons. The lowest BCUT2D eigenvalue weighted by Gasteiger charge is -2.36. The minimum atomic E-state index is -2.08. The van der Waals surface area contributed by atoms with Crippen LogP contribution in [-0.4, -0.2) is 56.8 Å². The normalized spacial score (nSPS) is 13.4. The maximum Gasteiger partial charge on any atom is 0.357 e. The average Bonchev–Trinajstić information content (AvgIpc) is 3.22. The summed E-state index contributed by atoms with van der Waals surface area (Å²) >= 11 is 1.28. The lowest BCUT2D eigenvalue weighted by atomic mass is 10.1. The van der Waals surface area contributed by atoms with Gasteiger partial charge in [0.25, 0.3) is 0 Å². The predicted octanol–water partition coefficient (Wildman–Crippen LogP) is 4.73. The first-order chi connectivity index (χ1) is 14.9. The molecule has 0 spiro atoms. The molecule has 0 aromatic carbocycles. The maximum atomic E-state index is 12.0. The number of ether oxygens (including phenoxy) is 3. The molecule has 2 rings (SSSR count). The number of pyridine rings is 1. The van der Waals surface area contributed by atoms with Gasteiger partial charge in [-0.1, -0.05) is 20.8 Å². The van der Waals surface area contributed by atoms with Gasteiger partial charge in [-0.15, -0.1) is 11.3 Å². The summed E-state index contributed by atoms with van der Waals surface area (Å²) in [6, 6.07) is 3.55. The molecule has 2 aromatic rings. The third kappa shape index (κ3) is 6.21. The molecule has 0 aliphatic heterocycles. The number of carbonyl (C=O) groups is 1. The number of carbonyl (C=O) groups excluding carboxylic acids is 1. The average molecular weight is 483 g/mol. The van der Waals surface area contributed by atoms with Crippen molar-refractivity contribution in [2.45, 2.75) is 58.2 Å². The number of aromatic nitrogens is 2. The zero-order chi connectivity index (χ0) is 24.1. The minimum absolute atomic E-state index is 0.00583. The van der Waals surface area contributed by atoms with E-state index in [1.54, 1.807) is 24.4 Å². The fraction of sp³-hybridized carbons (Fsp3) is 0.591. The monoisotopic (exact) mass is 482 g/mol. The van der Waals surface area contributed by atoms with Gasteiger partial charge in [-0.2, -0.15) is 0 Å². The Morgan fingerprint density at radius 3 is 2.41 bits per heavy atom. The van der Waals surface area contributed by atoms with Gasteiger partial charge in [0.15, 0.2) is 14.0 Å². The third-order valence-corrected chi connectivity index (χ3v) is 10.9. The molecule has 0 saturated heterocycles. The van der Waals surface area contributed by atoms with Crippen molar-refractivity contribution >= 4 is 25.6 Å². The van der Waals surface area contributed by atoms with E-state index in [9.17, 15) is 9.90 Å². The number of rotatable bonds is 10. The van der Waals surface area contributed by atoms with Crippen LogP contribution in [0.3, 0.4) is 0 Å². The van der Waals surface area contributed by atoms with Gasteiger partial charge in [0, 0.05) is 25.2 Å². The van der Waals surface area contributed by atoms with Gasteiger partial charge in [0.2, 0.25) is 6.29 Å². The Balaban J connectivity index is 2.43. The van der Waals surface area contributed by atoms with Crippen LogP contribution in [0.2, 0.25) is 18.1 Å². The Hall–Kier alpha value is -1.69. The van der Waals surface area contributed by atoms with E-state index in [4.69, 9.17) is 18.6 Å². The highest BCUT2D eigenvalue weighted by molar-refractivity contribution is 7.13. The second kappa shape index (κ2) is 11.0. The first-order valence-corrected chi connectivity index (χ1v) is 14.3. The molecule has 10 heteroatoms. The SMILES string of the molecule is CCOC(=O)c1csc(-c2ccc(C(OC)OC)nc2C(O)CO[Si](C)(C)C(C)(C)C)n1. The molecule has 8 nitrogen and oxygen atoms in total. The van der Waals surface area contributed by atoms with Crippen LogP contribution in [0.1, 0.15) is 62.0 Å². The molecule has 32 heavy (non-hydrogen) atoms. The molecule has 0 bridgehead atoms. The van der Waals surface area contributed by atoms with Gasteiger partial charge < -0.3 is 23.7 Å². The highest BCUT2D eigenvalue weighted by atomic mass is 32.1. The van der Waals surface area contributed by atoms with Gasteiger partial charge in [-0.25, -0.2) is 14.8 Å². The van der Waals surface area contributed by atoms with Crippen LogP contribution in [0.4, 0.5) is 0 Å². The van der Waals surface area contributed by atoms with E-state index in [-0.39, 0.29) is 23.9 Å². The topological polar surface area (TPSA) is 100 Å². The number of thiazole rings is 1. The van der Waals surface area contributed by atoms with Crippen molar-refractivity contribution in [2.75, 3.05) is 27.4 Å². The van der Waals surface area contributed by atoms with Gasteiger partial charge >= 0.3 is 5.97 Å². The molecule has 0 aliphatic carbocycles. The molecule has 2 aromatic heterocycles. The summed E-state index contributed by atoms with van der Waals surface area (Å²) in [5.74, 6) is -0.484. The van der Waals surface area contributed by atoms with Crippen molar-refractivity contribution in [3.05, 3.63) is 34.6 Å². The van der Waals surface area contributed by atoms with E-state index in [0.29, 0.717) is 22.0 Å². The zero-order valence-electron chi connectivity index (χ0n) is 20.1. The summed E-state index contributed by atoms with van der Waals surface area (Å²) < 4.78 is 21.9. The molecule has 0 saturated carbocycles. The highest BCUT2D eigenvalue weighted by Crippen LogP contribution is 2.38. The Bertz CT molecular complexity index is 908. The Morgan fingerprint density at radius 1 is 1.19 bits per heavy atom. The van der Waals surface area contributed by atoms with Gasteiger partial charge in [-0.05, 0) is 37.2 Å². The largest absolute Gasteiger partial charge is 0.461 e. The Labute approximate surface area is 195 Å². The summed E-state index contributed by atoms with van der Waals surface area (Å²) in [6.45, 7) is 12.8. The minimum Gasteiger partial charge on any atom is -0.461 e. The molecule has 0 amide bonds. The molecule has 0 aliphatic rings. The van der Waals surface area contributed by atoms with Crippen molar-refractivity contribution < 1.29 is 28.5 Å². The van der Waals surface area contributed by atoms with Crippen LogP contribution in [-0.2, 0) is 18.6 Å². The van der Waals surface area contributed by atoms with Crippen LogP contribution in [0.15, 0.2) is 17.5 Å².